The quantitative estimate of drug-likeness (QED) is 0.678. The van der Waals surface area contributed by atoms with Crippen LogP contribution >= 0.6 is 0 Å². The molecular formula is C16H25O2S. The second-order valence-electron chi connectivity index (χ2n) is 5.14. The molecular weight excluding hydrogens is 256 g/mol. The second-order valence-corrected chi connectivity index (χ2v) is 7.25. The van der Waals surface area contributed by atoms with Crippen molar-refractivity contribution in [2.24, 2.45) is 5.92 Å². The van der Waals surface area contributed by atoms with Gasteiger partial charge < -0.3 is 0 Å². The zero-order chi connectivity index (χ0) is 14.1. The van der Waals surface area contributed by atoms with Gasteiger partial charge in [0.25, 0.3) is 0 Å². The fraction of sp³-hybridized carbons (Fsp3) is 0.625. The standard InChI is InChI=1S/C16H25O2S/c1-3-5-10-15(9-4-2)13-14-19(17,18)16-11-7-6-8-12-16/h7-8,11-12,15H,3-5,9-10,13-14H2,1-2H3. The Morgan fingerprint density at radius 1 is 1.05 bits per heavy atom. The first-order chi connectivity index (χ1) is 9.10. The van der Waals surface area contributed by atoms with Gasteiger partial charge in [-0.25, -0.2) is 8.42 Å². The number of rotatable bonds is 9. The zero-order valence-corrected chi connectivity index (χ0v) is 12.9. The van der Waals surface area contributed by atoms with Crippen LogP contribution in [0.4, 0.5) is 0 Å². The smallest absolute Gasteiger partial charge is 0.178 e. The highest BCUT2D eigenvalue weighted by atomic mass is 32.2. The van der Waals surface area contributed by atoms with Gasteiger partial charge in [0.15, 0.2) is 9.84 Å². The van der Waals surface area contributed by atoms with Gasteiger partial charge >= 0.3 is 0 Å². The number of hydrogen-bond acceptors (Lipinski definition) is 2. The van der Waals surface area contributed by atoms with Crippen LogP contribution in [-0.2, 0) is 9.84 Å². The molecule has 0 aliphatic heterocycles. The molecule has 0 heterocycles. The maximum atomic E-state index is 12.2. The zero-order valence-electron chi connectivity index (χ0n) is 12.1. The van der Waals surface area contributed by atoms with Crippen LogP contribution < -0.4 is 0 Å². The average molecular weight is 281 g/mol. The summed E-state index contributed by atoms with van der Waals surface area (Å²) in [5.41, 5.74) is 0. The topological polar surface area (TPSA) is 34.1 Å². The first-order valence-electron chi connectivity index (χ1n) is 7.29. The molecule has 3 heteroatoms. The van der Waals surface area contributed by atoms with E-state index in [0.717, 1.165) is 25.7 Å². The highest BCUT2D eigenvalue weighted by Gasteiger charge is 2.17. The average Bonchev–Trinajstić information content (AvgIpc) is 2.43. The van der Waals surface area contributed by atoms with Crippen molar-refractivity contribution in [2.75, 3.05) is 5.75 Å². The fourth-order valence-corrected chi connectivity index (χ4v) is 3.78. The van der Waals surface area contributed by atoms with Gasteiger partial charge in [-0.15, -0.1) is 0 Å². The lowest BCUT2D eigenvalue weighted by atomic mass is 9.95. The van der Waals surface area contributed by atoms with E-state index in [0.29, 0.717) is 10.8 Å². The Hall–Kier alpha value is -0.830. The second kappa shape index (κ2) is 8.36. The summed E-state index contributed by atoms with van der Waals surface area (Å²) >= 11 is 0. The molecule has 1 aromatic rings. The Bertz CT molecular complexity index is 437. The fourth-order valence-electron chi connectivity index (χ4n) is 2.35. The summed E-state index contributed by atoms with van der Waals surface area (Å²) in [6.45, 7) is 4.35. The molecule has 0 amide bonds. The van der Waals surface area contributed by atoms with Crippen molar-refractivity contribution in [2.45, 2.75) is 57.3 Å². The van der Waals surface area contributed by atoms with Crippen molar-refractivity contribution in [3.8, 4) is 0 Å². The van der Waals surface area contributed by atoms with E-state index in [1.165, 1.54) is 12.8 Å². The summed E-state index contributed by atoms with van der Waals surface area (Å²) in [5.74, 6) is 0.820. The van der Waals surface area contributed by atoms with E-state index in [1.54, 1.807) is 24.3 Å². The Morgan fingerprint density at radius 2 is 1.74 bits per heavy atom. The lowest BCUT2D eigenvalue weighted by Gasteiger charge is -2.15. The van der Waals surface area contributed by atoms with Crippen LogP contribution in [0.3, 0.4) is 0 Å². The van der Waals surface area contributed by atoms with Gasteiger partial charge in [-0.05, 0) is 30.5 Å². The molecule has 0 N–H and O–H groups in total. The van der Waals surface area contributed by atoms with Crippen LogP contribution in [0.1, 0.15) is 52.4 Å². The first kappa shape index (κ1) is 16.2. The highest BCUT2D eigenvalue weighted by Crippen LogP contribution is 2.21. The third-order valence-electron chi connectivity index (χ3n) is 3.50. The molecule has 1 radical (unpaired) electrons. The van der Waals surface area contributed by atoms with Gasteiger partial charge in [-0.1, -0.05) is 58.1 Å². The molecule has 107 valence electrons. The molecule has 1 aromatic carbocycles. The van der Waals surface area contributed by atoms with Crippen molar-refractivity contribution in [3.63, 3.8) is 0 Å². The van der Waals surface area contributed by atoms with Gasteiger partial charge in [0.05, 0.1) is 10.6 Å². The van der Waals surface area contributed by atoms with Gasteiger partial charge in [0.1, 0.15) is 0 Å². The molecule has 0 aliphatic rings. The van der Waals surface area contributed by atoms with Crippen LogP contribution in [0.15, 0.2) is 29.2 Å². The SMILES string of the molecule is CCCCC(CCC)CCS(=O)(=O)c1cc[c]cc1. The molecule has 0 saturated carbocycles. The van der Waals surface area contributed by atoms with Crippen molar-refractivity contribution in [3.05, 3.63) is 30.3 Å². The molecule has 2 nitrogen and oxygen atoms in total. The predicted molar refractivity (Wildman–Crippen MR) is 79.9 cm³/mol. The van der Waals surface area contributed by atoms with Crippen LogP contribution in [0.5, 0.6) is 0 Å². The Labute approximate surface area is 118 Å². The Morgan fingerprint density at radius 3 is 2.32 bits per heavy atom. The minimum atomic E-state index is -3.12. The van der Waals surface area contributed by atoms with Crippen molar-refractivity contribution >= 4 is 9.84 Å². The molecule has 1 atom stereocenters. The Kier molecular flexibility index (Phi) is 7.14. The number of sulfone groups is 1. The van der Waals surface area contributed by atoms with E-state index in [2.05, 4.69) is 19.9 Å². The van der Waals surface area contributed by atoms with E-state index in [4.69, 9.17) is 0 Å². The predicted octanol–water partition coefficient (Wildman–Crippen LogP) is 4.26. The summed E-state index contributed by atoms with van der Waals surface area (Å²) in [6, 6.07) is 9.44. The third kappa shape index (κ3) is 5.77. The lowest BCUT2D eigenvalue weighted by Crippen LogP contribution is -2.12. The summed E-state index contributed by atoms with van der Waals surface area (Å²) in [6.07, 6.45) is 6.59. The van der Waals surface area contributed by atoms with E-state index in [9.17, 15) is 8.42 Å². The maximum Gasteiger partial charge on any atom is 0.178 e. The summed E-state index contributed by atoms with van der Waals surface area (Å²) in [5, 5.41) is 0. The summed E-state index contributed by atoms with van der Waals surface area (Å²) in [7, 11) is -3.12. The van der Waals surface area contributed by atoms with Gasteiger partial charge in [0, 0.05) is 0 Å². The van der Waals surface area contributed by atoms with Crippen molar-refractivity contribution in [1.29, 1.82) is 0 Å². The summed E-state index contributed by atoms with van der Waals surface area (Å²) < 4.78 is 24.4. The molecule has 19 heavy (non-hydrogen) atoms. The number of hydrogen-bond donors (Lipinski definition) is 0. The van der Waals surface area contributed by atoms with E-state index >= 15 is 0 Å². The van der Waals surface area contributed by atoms with Gasteiger partial charge in [-0.3, -0.25) is 0 Å². The molecule has 0 saturated heterocycles. The minimum absolute atomic E-state index is 0.269. The molecule has 0 spiro atoms. The van der Waals surface area contributed by atoms with Gasteiger partial charge in [0.2, 0.25) is 0 Å². The molecule has 0 fully saturated rings. The van der Waals surface area contributed by atoms with Crippen molar-refractivity contribution in [1.82, 2.24) is 0 Å². The summed E-state index contributed by atoms with van der Waals surface area (Å²) in [4.78, 5) is 0.428. The monoisotopic (exact) mass is 281 g/mol. The number of benzene rings is 1. The molecule has 0 aromatic heterocycles. The minimum Gasteiger partial charge on any atom is -0.224 e. The van der Waals surface area contributed by atoms with E-state index < -0.39 is 9.84 Å². The lowest BCUT2D eigenvalue weighted by molar-refractivity contribution is 0.416. The molecule has 1 rings (SSSR count). The normalized spacial score (nSPS) is 13.4. The first-order valence-corrected chi connectivity index (χ1v) is 8.94. The molecule has 1 unspecified atom stereocenters. The van der Waals surface area contributed by atoms with Crippen LogP contribution in [0.25, 0.3) is 0 Å². The van der Waals surface area contributed by atoms with Crippen LogP contribution in [0, 0.1) is 12.0 Å². The third-order valence-corrected chi connectivity index (χ3v) is 5.27. The van der Waals surface area contributed by atoms with Crippen LogP contribution in [-0.4, -0.2) is 14.2 Å². The van der Waals surface area contributed by atoms with Crippen LogP contribution in [0.2, 0.25) is 0 Å². The largest absolute Gasteiger partial charge is 0.224 e. The maximum absolute atomic E-state index is 12.2. The van der Waals surface area contributed by atoms with Crippen molar-refractivity contribution < 1.29 is 8.42 Å². The van der Waals surface area contributed by atoms with Gasteiger partial charge in [-0.2, -0.15) is 0 Å². The molecule has 0 bridgehead atoms. The van der Waals surface area contributed by atoms with E-state index in [1.807, 2.05) is 0 Å². The molecule has 0 aliphatic carbocycles. The Balaban J connectivity index is 2.57. The highest BCUT2D eigenvalue weighted by molar-refractivity contribution is 7.91. The number of unbranched alkanes of at least 4 members (excludes halogenated alkanes) is 1. The van der Waals surface area contributed by atoms with E-state index in [-0.39, 0.29) is 5.75 Å².